The summed E-state index contributed by atoms with van der Waals surface area (Å²) in [5.41, 5.74) is 0.989. The predicted octanol–water partition coefficient (Wildman–Crippen LogP) is 3.24. The van der Waals surface area contributed by atoms with Crippen molar-refractivity contribution < 1.29 is 4.79 Å². The van der Waals surface area contributed by atoms with Gasteiger partial charge < -0.3 is 4.90 Å². The highest BCUT2D eigenvalue weighted by atomic mass is 32.2. The molecular formula is C15H22N2OS2. The van der Waals surface area contributed by atoms with Gasteiger partial charge in [0, 0.05) is 6.54 Å². The summed E-state index contributed by atoms with van der Waals surface area (Å²) >= 11 is 3.56. The van der Waals surface area contributed by atoms with Crippen molar-refractivity contribution >= 4 is 29.0 Å². The number of hydrogen-bond donors (Lipinski definition) is 1. The van der Waals surface area contributed by atoms with Crippen LogP contribution in [-0.4, -0.2) is 34.9 Å². The van der Waals surface area contributed by atoms with Crippen LogP contribution in [0.1, 0.15) is 43.8 Å². The molecule has 0 aromatic carbocycles. The molecule has 1 N–H and O–H groups in total. The summed E-state index contributed by atoms with van der Waals surface area (Å²) in [4.78, 5) is 15.0. The Hall–Kier alpha value is -0.520. The molecule has 1 unspecified atom stereocenters. The molecule has 1 atom stereocenters. The molecule has 1 saturated carbocycles. The van der Waals surface area contributed by atoms with E-state index in [2.05, 4.69) is 33.3 Å². The molecule has 1 aliphatic carbocycles. The molecule has 1 aromatic rings. The van der Waals surface area contributed by atoms with Crippen molar-refractivity contribution in [1.29, 1.82) is 0 Å². The van der Waals surface area contributed by atoms with E-state index in [9.17, 15) is 4.79 Å². The summed E-state index contributed by atoms with van der Waals surface area (Å²) in [6.45, 7) is 0.870. The van der Waals surface area contributed by atoms with Crippen LogP contribution in [0.15, 0.2) is 16.8 Å². The lowest BCUT2D eigenvalue weighted by Gasteiger charge is -2.23. The lowest BCUT2D eigenvalue weighted by atomic mass is 9.98. The molecule has 110 valence electrons. The molecule has 2 fully saturated rings. The fraction of sp³-hybridized carbons (Fsp3) is 0.667. The first-order valence-electron chi connectivity index (χ1n) is 7.37. The van der Waals surface area contributed by atoms with Crippen molar-refractivity contribution in [3.05, 3.63) is 22.4 Å². The monoisotopic (exact) mass is 310 g/mol. The Morgan fingerprint density at radius 2 is 2.30 bits per heavy atom. The Morgan fingerprint density at radius 1 is 1.50 bits per heavy atom. The minimum Gasteiger partial charge on any atom is -0.321 e. The maximum atomic E-state index is 12.9. The third-order valence-corrected chi connectivity index (χ3v) is 5.86. The predicted molar refractivity (Wildman–Crippen MR) is 86.1 cm³/mol. The van der Waals surface area contributed by atoms with Crippen LogP contribution in [0.5, 0.6) is 0 Å². The van der Waals surface area contributed by atoms with Crippen molar-refractivity contribution in [3.8, 4) is 0 Å². The number of hydrogen-bond acceptors (Lipinski definition) is 4. The van der Waals surface area contributed by atoms with Crippen molar-refractivity contribution in [1.82, 2.24) is 10.2 Å². The van der Waals surface area contributed by atoms with Crippen LogP contribution in [0.2, 0.25) is 0 Å². The van der Waals surface area contributed by atoms with Gasteiger partial charge in [0.25, 0.3) is 0 Å². The number of carbonyl (C=O) groups is 1. The van der Waals surface area contributed by atoms with E-state index in [1.807, 2.05) is 11.8 Å². The maximum absolute atomic E-state index is 12.9. The SMILES string of the molecule is CSCCCN1C(=O)C2(CCCC2)NC1c1ccsc1. The highest BCUT2D eigenvalue weighted by Crippen LogP contribution is 2.41. The summed E-state index contributed by atoms with van der Waals surface area (Å²) in [5, 5.41) is 7.94. The van der Waals surface area contributed by atoms with Crippen molar-refractivity contribution in [2.45, 2.75) is 43.8 Å². The van der Waals surface area contributed by atoms with Gasteiger partial charge in [0.1, 0.15) is 6.17 Å². The molecular weight excluding hydrogens is 288 g/mol. The van der Waals surface area contributed by atoms with Crippen LogP contribution in [0, 0.1) is 0 Å². The van der Waals surface area contributed by atoms with Gasteiger partial charge in [-0.1, -0.05) is 12.8 Å². The molecule has 1 aromatic heterocycles. The van der Waals surface area contributed by atoms with Gasteiger partial charge in [-0.25, -0.2) is 0 Å². The summed E-state index contributed by atoms with van der Waals surface area (Å²) in [6, 6.07) is 2.14. The number of thioether (sulfide) groups is 1. The molecule has 3 rings (SSSR count). The average molecular weight is 310 g/mol. The minimum atomic E-state index is -0.258. The average Bonchev–Trinajstić information content (AvgIpc) is 3.16. The molecule has 1 spiro atoms. The van der Waals surface area contributed by atoms with Crippen LogP contribution < -0.4 is 5.32 Å². The van der Waals surface area contributed by atoms with Crippen LogP contribution in [0.3, 0.4) is 0 Å². The van der Waals surface area contributed by atoms with E-state index >= 15 is 0 Å². The first kappa shape index (κ1) is 14.4. The third kappa shape index (κ3) is 2.51. The largest absolute Gasteiger partial charge is 0.321 e. The standard InChI is InChI=1S/C15H22N2OS2/c1-19-9-4-8-17-13(12-5-10-20-11-12)16-15(14(17)18)6-2-3-7-15/h5,10-11,13,16H,2-4,6-9H2,1H3. The Morgan fingerprint density at radius 3 is 2.95 bits per heavy atom. The highest BCUT2D eigenvalue weighted by Gasteiger charge is 2.52. The first-order chi connectivity index (χ1) is 9.77. The van der Waals surface area contributed by atoms with Crippen LogP contribution in [0.25, 0.3) is 0 Å². The number of nitrogens with one attached hydrogen (secondary N) is 1. The molecule has 1 amide bonds. The molecule has 2 heterocycles. The zero-order chi connectivity index (χ0) is 14.0. The highest BCUT2D eigenvalue weighted by molar-refractivity contribution is 7.98. The van der Waals surface area contributed by atoms with Gasteiger partial charge in [-0.3, -0.25) is 10.1 Å². The van der Waals surface area contributed by atoms with E-state index in [1.165, 1.54) is 18.4 Å². The van der Waals surface area contributed by atoms with Crippen molar-refractivity contribution in [2.75, 3.05) is 18.6 Å². The van der Waals surface area contributed by atoms with E-state index in [0.29, 0.717) is 5.91 Å². The second-order valence-electron chi connectivity index (χ2n) is 5.74. The van der Waals surface area contributed by atoms with E-state index in [4.69, 9.17) is 0 Å². The molecule has 20 heavy (non-hydrogen) atoms. The van der Waals surface area contributed by atoms with Gasteiger partial charge in [0.05, 0.1) is 5.54 Å². The second kappa shape index (κ2) is 6.08. The molecule has 1 aliphatic heterocycles. The van der Waals surface area contributed by atoms with Crippen LogP contribution in [0.4, 0.5) is 0 Å². The van der Waals surface area contributed by atoms with E-state index < -0.39 is 0 Å². The van der Waals surface area contributed by atoms with E-state index in [1.54, 1.807) is 11.3 Å². The van der Waals surface area contributed by atoms with Gasteiger partial charge in [-0.2, -0.15) is 23.1 Å². The summed E-state index contributed by atoms with van der Waals surface area (Å²) < 4.78 is 0. The summed E-state index contributed by atoms with van der Waals surface area (Å²) in [6.07, 6.45) is 7.65. The van der Waals surface area contributed by atoms with E-state index in [0.717, 1.165) is 31.6 Å². The summed E-state index contributed by atoms with van der Waals surface area (Å²) in [7, 11) is 0. The number of carbonyl (C=O) groups excluding carboxylic acids is 1. The fourth-order valence-corrected chi connectivity index (χ4v) is 4.53. The minimum absolute atomic E-state index is 0.0914. The maximum Gasteiger partial charge on any atom is 0.244 e. The third-order valence-electron chi connectivity index (χ3n) is 4.46. The number of thiophene rings is 1. The quantitative estimate of drug-likeness (QED) is 0.847. The van der Waals surface area contributed by atoms with Crippen LogP contribution in [-0.2, 0) is 4.79 Å². The normalized spacial score (nSPS) is 24.9. The topological polar surface area (TPSA) is 32.3 Å². The smallest absolute Gasteiger partial charge is 0.244 e. The summed E-state index contributed by atoms with van der Waals surface area (Å²) in [5.74, 6) is 1.46. The van der Waals surface area contributed by atoms with Gasteiger partial charge in [-0.15, -0.1) is 0 Å². The van der Waals surface area contributed by atoms with Gasteiger partial charge in [0.15, 0.2) is 0 Å². The lowest BCUT2D eigenvalue weighted by Crippen LogP contribution is -2.44. The van der Waals surface area contributed by atoms with Gasteiger partial charge in [0.2, 0.25) is 5.91 Å². The first-order valence-corrected chi connectivity index (χ1v) is 9.70. The Balaban J connectivity index is 1.80. The second-order valence-corrected chi connectivity index (χ2v) is 7.50. The molecule has 0 radical (unpaired) electrons. The van der Waals surface area contributed by atoms with Gasteiger partial charge in [-0.05, 0) is 53.7 Å². The number of amides is 1. The van der Waals surface area contributed by atoms with Crippen molar-refractivity contribution in [2.24, 2.45) is 0 Å². The number of nitrogens with zero attached hydrogens (tertiary/aromatic N) is 1. The zero-order valence-electron chi connectivity index (χ0n) is 11.9. The van der Waals surface area contributed by atoms with Gasteiger partial charge >= 0.3 is 0 Å². The Labute approximate surface area is 129 Å². The Bertz CT molecular complexity index is 454. The fourth-order valence-electron chi connectivity index (χ4n) is 3.43. The van der Waals surface area contributed by atoms with Crippen LogP contribution >= 0.6 is 23.1 Å². The van der Waals surface area contributed by atoms with E-state index in [-0.39, 0.29) is 11.7 Å². The molecule has 3 nitrogen and oxygen atoms in total. The molecule has 5 heteroatoms. The molecule has 2 aliphatic rings. The lowest BCUT2D eigenvalue weighted by molar-refractivity contribution is -0.133. The molecule has 1 saturated heterocycles. The molecule has 0 bridgehead atoms. The Kier molecular flexibility index (Phi) is 4.38. The zero-order valence-corrected chi connectivity index (χ0v) is 13.6. The number of rotatable bonds is 5. The van der Waals surface area contributed by atoms with Crippen molar-refractivity contribution in [3.63, 3.8) is 0 Å².